The van der Waals surface area contributed by atoms with E-state index in [1.54, 1.807) is 0 Å². The van der Waals surface area contributed by atoms with E-state index in [9.17, 15) is 4.79 Å². The van der Waals surface area contributed by atoms with E-state index >= 15 is 0 Å². The fourth-order valence-electron chi connectivity index (χ4n) is 5.72. The van der Waals surface area contributed by atoms with Crippen molar-refractivity contribution >= 4 is 43.9 Å². The second-order valence-electron chi connectivity index (χ2n) is 10.7. The van der Waals surface area contributed by atoms with Crippen LogP contribution in [0.2, 0.25) is 0 Å². The summed E-state index contributed by atoms with van der Waals surface area (Å²) >= 11 is 3.61. The highest BCUT2D eigenvalue weighted by Crippen LogP contribution is 2.48. The molecule has 180 valence electrons. The SMILES string of the molecule is CC1(C)CC(=O)C2=C(C1)N(c1ccccc1)C(c1ccc(Br)cc1)N(c1ccc3ccccc3c1)C2. The van der Waals surface area contributed by atoms with Gasteiger partial charge in [-0.2, -0.15) is 0 Å². The summed E-state index contributed by atoms with van der Waals surface area (Å²) in [4.78, 5) is 18.4. The average molecular weight is 538 g/mol. The Morgan fingerprint density at radius 1 is 0.778 bits per heavy atom. The Hall–Kier alpha value is -3.37. The Morgan fingerprint density at radius 3 is 2.22 bits per heavy atom. The monoisotopic (exact) mass is 536 g/mol. The number of allylic oxidation sites excluding steroid dienone is 1. The summed E-state index contributed by atoms with van der Waals surface area (Å²) in [5, 5.41) is 2.42. The van der Waals surface area contributed by atoms with Crippen LogP contribution in [-0.2, 0) is 4.79 Å². The standard InChI is InChI=1S/C32H29BrN2O/c1-32(2)19-29-28(30(36)20-32)21-34(27-17-14-22-8-6-7-9-24(22)18-27)31(23-12-15-25(33)16-13-23)35(29)26-10-4-3-5-11-26/h3-18,31H,19-21H2,1-2H3. The second-order valence-corrected chi connectivity index (χ2v) is 11.6. The number of fused-ring (bicyclic) bond motifs is 1. The molecule has 2 aliphatic rings. The van der Waals surface area contributed by atoms with E-state index in [1.807, 2.05) is 0 Å². The van der Waals surface area contributed by atoms with Crippen molar-refractivity contribution in [1.82, 2.24) is 0 Å². The van der Waals surface area contributed by atoms with Gasteiger partial charge in [-0.15, -0.1) is 0 Å². The maximum atomic E-state index is 13.6. The number of hydrogen-bond donors (Lipinski definition) is 0. The number of hydrogen-bond acceptors (Lipinski definition) is 3. The first-order chi connectivity index (χ1) is 17.4. The number of Topliss-reactive ketones (excluding diaryl/α,β-unsaturated/α-hetero) is 1. The highest BCUT2D eigenvalue weighted by molar-refractivity contribution is 9.10. The summed E-state index contributed by atoms with van der Waals surface area (Å²) in [6, 6.07) is 34.2. The number of anilines is 2. The van der Waals surface area contributed by atoms with Crippen LogP contribution < -0.4 is 9.80 Å². The molecule has 4 aromatic carbocycles. The molecule has 1 aliphatic carbocycles. The van der Waals surface area contributed by atoms with Crippen molar-refractivity contribution in [3.8, 4) is 0 Å². The van der Waals surface area contributed by atoms with Crippen LogP contribution in [-0.4, -0.2) is 12.3 Å². The Bertz CT molecular complexity index is 1470. The number of halogens is 1. The van der Waals surface area contributed by atoms with Crippen LogP contribution >= 0.6 is 15.9 Å². The molecule has 0 spiro atoms. The van der Waals surface area contributed by atoms with Gasteiger partial charge in [-0.3, -0.25) is 4.79 Å². The zero-order chi connectivity index (χ0) is 24.9. The summed E-state index contributed by atoms with van der Waals surface area (Å²) in [6.45, 7) is 5.02. The van der Waals surface area contributed by atoms with Gasteiger partial charge >= 0.3 is 0 Å². The molecule has 0 N–H and O–H groups in total. The molecule has 1 aliphatic heterocycles. The predicted octanol–water partition coefficient (Wildman–Crippen LogP) is 8.27. The molecule has 4 heteroatoms. The highest BCUT2D eigenvalue weighted by atomic mass is 79.9. The first-order valence-corrected chi connectivity index (χ1v) is 13.3. The molecule has 0 radical (unpaired) electrons. The maximum absolute atomic E-state index is 13.6. The quantitative estimate of drug-likeness (QED) is 0.263. The number of ketones is 1. The minimum Gasteiger partial charge on any atom is -0.342 e. The van der Waals surface area contributed by atoms with Gasteiger partial charge in [0.25, 0.3) is 0 Å². The average Bonchev–Trinajstić information content (AvgIpc) is 2.88. The lowest BCUT2D eigenvalue weighted by Crippen LogP contribution is -2.51. The van der Waals surface area contributed by atoms with Crippen LogP contribution in [0.15, 0.2) is 113 Å². The van der Waals surface area contributed by atoms with Crippen LogP contribution in [0.25, 0.3) is 10.8 Å². The van der Waals surface area contributed by atoms with Crippen LogP contribution in [0.1, 0.15) is 38.4 Å². The van der Waals surface area contributed by atoms with Gasteiger partial charge in [0, 0.05) is 33.5 Å². The first-order valence-electron chi connectivity index (χ1n) is 12.5. The van der Waals surface area contributed by atoms with E-state index in [2.05, 4.69) is 137 Å². The van der Waals surface area contributed by atoms with Crippen molar-refractivity contribution in [2.45, 2.75) is 32.9 Å². The largest absolute Gasteiger partial charge is 0.342 e. The lowest BCUT2D eigenvalue weighted by atomic mass is 9.74. The maximum Gasteiger partial charge on any atom is 0.162 e. The molecule has 0 amide bonds. The summed E-state index contributed by atoms with van der Waals surface area (Å²) in [7, 11) is 0. The van der Waals surface area contributed by atoms with Crippen molar-refractivity contribution < 1.29 is 4.79 Å². The number of carbonyl (C=O) groups excluding carboxylic acids is 1. The molecule has 6 rings (SSSR count). The van der Waals surface area contributed by atoms with Crippen molar-refractivity contribution in [3.63, 3.8) is 0 Å². The van der Waals surface area contributed by atoms with Crippen molar-refractivity contribution in [3.05, 3.63) is 118 Å². The molecule has 0 fully saturated rings. The second kappa shape index (κ2) is 8.94. The third kappa shape index (κ3) is 4.14. The first kappa shape index (κ1) is 23.1. The molecule has 0 bridgehead atoms. The van der Waals surface area contributed by atoms with Crippen molar-refractivity contribution in [2.24, 2.45) is 5.41 Å². The third-order valence-corrected chi connectivity index (χ3v) is 7.92. The van der Waals surface area contributed by atoms with Gasteiger partial charge < -0.3 is 9.80 Å². The fraction of sp³-hybridized carbons (Fsp3) is 0.219. The van der Waals surface area contributed by atoms with E-state index < -0.39 is 0 Å². The summed E-state index contributed by atoms with van der Waals surface area (Å²) in [5.41, 5.74) is 5.45. The van der Waals surface area contributed by atoms with E-state index in [0.29, 0.717) is 13.0 Å². The van der Waals surface area contributed by atoms with Gasteiger partial charge in [0.2, 0.25) is 0 Å². The van der Waals surface area contributed by atoms with Gasteiger partial charge in [0.15, 0.2) is 5.78 Å². The fourth-order valence-corrected chi connectivity index (χ4v) is 5.98. The van der Waals surface area contributed by atoms with E-state index in [1.165, 1.54) is 16.3 Å². The van der Waals surface area contributed by atoms with Crippen LogP contribution in [0.5, 0.6) is 0 Å². The molecular weight excluding hydrogens is 508 g/mol. The number of nitrogens with zero attached hydrogens (tertiary/aromatic N) is 2. The van der Waals surface area contributed by atoms with Gasteiger partial charge in [0.05, 0.1) is 6.54 Å². The Kier molecular flexibility index (Phi) is 5.72. The highest BCUT2D eigenvalue weighted by Gasteiger charge is 2.43. The molecule has 3 nitrogen and oxygen atoms in total. The third-order valence-electron chi connectivity index (χ3n) is 7.40. The minimum absolute atomic E-state index is 0.0711. The Balaban J connectivity index is 1.60. The zero-order valence-electron chi connectivity index (χ0n) is 20.6. The Morgan fingerprint density at radius 2 is 1.47 bits per heavy atom. The van der Waals surface area contributed by atoms with E-state index in [0.717, 1.165) is 33.5 Å². The molecular formula is C32H29BrN2O. The van der Waals surface area contributed by atoms with Gasteiger partial charge in [-0.1, -0.05) is 90.4 Å². The molecule has 1 unspecified atom stereocenters. The van der Waals surface area contributed by atoms with Gasteiger partial charge in [-0.25, -0.2) is 0 Å². The van der Waals surface area contributed by atoms with Crippen molar-refractivity contribution in [1.29, 1.82) is 0 Å². The lowest BCUT2D eigenvalue weighted by molar-refractivity contribution is -0.118. The molecule has 0 saturated carbocycles. The van der Waals surface area contributed by atoms with Crippen LogP contribution in [0, 0.1) is 5.41 Å². The van der Waals surface area contributed by atoms with Crippen molar-refractivity contribution in [2.75, 3.05) is 16.3 Å². The lowest BCUT2D eigenvalue weighted by Gasteiger charge is -2.51. The van der Waals surface area contributed by atoms with E-state index in [4.69, 9.17) is 0 Å². The molecule has 0 aromatic heterocycles. The van der Waals surface area contributed by atoms with E-state index in [-0.39, 0.29) is 17.4 Å². The molecule has 36 heavy (non-hydrogen) atoms. The number of rotatable bonds is 3. The molecule has 4 aromatic rings. The zero-order valence-corrected chi connectivity index (χ0v) is 22.2. The number of carbonyl (C=O) groups is 1. The smallest absolute Gasteiger partial charge is 0.162 e. The normalized spacial score (nSPS) is 19.5. The number of para-hydroxylation sites is 1. The van der Waals surface area contributed by atoms with Crippen LogP contribution in [0.3, 0.4) is 0 Å². The molecule has 1 atom stereocenters. The molecule has 0 saturated heterocycles. The number of benzene rings is 4. The minimum atomic E-state index is -0.0814. The predicted molar refractivity (Wildman–Crippen MR) is 152 cm³/mol. The Labute approximate surface area is 221 Å². The summed E-state index contributed by atoms with van der Waals surface area (Å²) in [5.74, 6) is 0.266. The van der Waals surface area contributed by atoms with Gasteiger partial charge in [-0.05, 0) is 64.6 Å². The van der Waals surface area contributed by atoms with Gasteiger partial charge in [0.1, 0.15) is 6.17 Å². The molecule has 1 heterocycles. The summed E-state index contributed by atoms with van der Waals surface area (Å²) in [6.07, 6.45) is 1.38. The van der Waals surface area contributed by atoms with Crippen LogP contribution in [0.4, 0.5) is 11.4 Å². The topological polar surface area (TPSA) is 23.6 Å². The summed E-state index contributed by atoms with van der Waals surface area (Å²) < 4.78 is 1.06.